The number of aryl methyl sites for hydroxylation is 2. The molecule has 0 unspecified atom stereocenters. The third kappa shape index (κ3) is 2.94. The van der Waals surface area contributed by atoms with Crippen LogP contribution in [0.4, 0.5) is 0 Å². The van der Waals surface area contributed by atoms with E-state index in [0.717, 1.165) is 25.2 Å². The molecule has 1 heterocycles. The van der Waals surface area contributed by atoms with Crippen LogP contribution in [0.25, 0.3) is 11.3 Å². The lowest BCUT2D eigenvalue weighted by molar-refractivity contribution is 0.681. The number of aromatic nitrogens is 2. The van der Waals surface area contributed by atoms with Gasteiger partial charge in [0.05, 0.1) is 4.88 Å². The maximum Gasteiger partial charge on any atom is 0.110 e. The highest BCUT2D eigenvalue weighted by Gasteiger charge is 2.12. The van der Waals surface area contributed by atoms with Gasteiger partial charge in [0, 0.05) is 12.1 Å². The van der Waals surface area contributed by atoms with Gasteiger partial charge in [-0.2, -0.15) is 0 Å². The summed E-state index contributed by atoms with van der Waals surface area (Å²) in [5.41, 5.74) is 4.75. The lowest BCUT2D eigenvalue weighted by Gasteiger charge is -2.07. The predicted molar refractivity (Wildman–Crippen MR) is 76.8 cm³/mol. The molecule has 0 bridgehead atoms. The zero-order valence-corrected chi connectivity index (χ0v) is 12.0. The minimum atomic E-state index is 0.855. The van der Waals surface area contributed by atoms with E-state index in [9.17, 15) is 0 Å². The Hall–Kier alpha value is -1.26. The summed E-state index contributed by atoms with van der Waals surface area (Å²) in [5.74, 6) is 0. The summed E-state index contributed by atoms with van der Waals surface area (Å²) in [4.78, 5) is 1.22. The zero-order valence-electron chi connectivity index (χ0n) is 11.2. The molecule has 3 nitrogen and oxygen atoms in total. The number of hydrogen-bond acceptors (Lipinski definition) is 4. The van der Waals surface area contributed by atoms with E-state index in [2.05, 4.69) is 53.9 Å². The van der Waals surface area contributed by atoms with Gasteiger partial charge in [0.2, 0.25) is 0 Å². The third-order valence-electron chi connectivity index (χ3n) is 2.92. The summed E-state index contributed by atoms with van der Waals surface area (Å²) in [6, 6.07) is 6.47. The van der Waals surface area contributed by atoms with E-state index < -0.39 is 0 Å². The topological polar surface area (TPSA) is 37.8 Å². The second-order valence-electron chi connectivity index (χ2n) is 4.54. The van der Waals surface area contributed by atoms with E-state index in [1.54, 1.807) is 0 Å². The molecule has 2 aromatic rings. The van der Waals surface area contributed by atoms with Gasteiger partial charge in [0.25, 0.3) is 0 Å². The lowest BCUT2D eigenvalue weighted by atomic mass is 10.0. The molecule has 0 fully saturated rings. The Bertz CT molecular complexity index is 520. The van der Waals surface area contributed by atoms with E-state index in [0.29, 0.717) is 0 Å². The van der Waals surface area contributed by atoms with Crippen molar-refractivity contribution in [3.8, 4) is 11.3 Å². The van der Waals surface area contributed by atoms with Crippen molar-refractivity contribution in [2.45, 2.75) is 33.7 Å². The van der Waals surface area contributed by atoms with Crippen LogP contribution in [-0.2, 0) is 6.54 Å². The van der Waals surface area contributed by atoms with Gasteiger partial charge in [0.1, 0.15) is 5.69 Å². The van der Waals surface area contributed by atoms with Crippen LogP contribution in [0.3, 0.4) is 0 Å². The quantitative estimate of drug-likeness (QED) is 0.839. The lowest BCUT2D eigenvalue weighted by Crippen LogP contribution is -2.13. The SMILES string of the molecule is CCCNCc1snnc1-c1cc(C)ccc1C. The normalized spacial score (nSPS) is 10.8. The van der Waals surface area contributed by atoms with Crippen LogP contribution in [0.15, 0.2) is 18.2 Å². The fourth-order valence-corrected chi connectivity index (χ4v) is 2.52. The number of benzene rings is 1. The zero-order chi connectivity index (χ0) is 13.0. The molecular formula is C14H19N3S. The van der Waals surface area contributed by atoms with Crippen LogP contribution in [0, 0.1) is 13.8 Å². The molecule has 1 aromatic carbocycles. The minimum absolute atomic E-state index is 0.855. The molecule has 0 saturated carbocycles. The van der Waals surface area contributed by atoms with Crippen molar-refractivity contribution in [2.24, 2.45) is 0 Å². The third-order valence-corrected chi connectivity index (χ3v) is 3.64. The molecule has 0 aliphatic carbocycles. The first-order valence-corrected chi connectivity index (χ1v) is 7.09. The van der Waals surface area contributed by atoms with Crippen LogP contribution in [0.5, 0.6) is 0 Å². The molecule has 18 heavy (non-hydrogen) atoms. The van der Waals surface area contributed by atoms with Crippen molar-refractivity contribution in [1.29, 1.82) is 0 Å². The molecule has 0 aliphatic rings. The smallest absolute Gasteiger partial charge is 0.110 e. The second kappa shape index (κ2) is 6.07. The van der Waals surface area contributed by atoms with Crippen molar-refractivity contribution in [2.75, 3.05) is 6.54 Å². The molecule has 2 rings (SSSR count). The Balaban J connectivity index is 2.27. The monoisotopic (exact) mass is 261 g/mol. The van der Waals surface area contributed by atoms with Crippen LogP contribution in [0.1, 0.15) is 29.3 Å². The van der Waals surface area contributed by atoms with Gasteiger partial charge < -0.3 is 5.32 Å². The number of rotatable bonds is 5. The van der Waals surface area contributed by atoms with Crippen LogP contribution >= 0.6 is 11.5 Å². The molecule has 0 atom stereocenters. The molecule has 0 amide bonds. The summed E-state index contributed by atoms with van der Waals surface area (Å²) < 4.78 is 4.10. The Morgan fingerprint density at radius 1 is 1.28 bits per heavy atom. The van der Waals surface area contributed by atoms with Gasteiger partial charge >= 0.3 is 0 Å². The molecule has 1 N–H and O–H groups in total. The van der Waals surface area contributed by atoms with E-state index in [4.69, 9.17) is 0 Å². The fourth-order valence-electron chi connectivity index (χ4n) is 1.90. The maximum atomic E-state index is 4.30. The van der Waals surface area contributed by atoms with Crippen molar-refractivity contribution in [1.82, 2.24) is 14.9 Å². The van der Waals surface area contributed by atoms with Crippen molar-refractivity contribution < 1.29 is 0 Å². The molecule has 0 saturated heterocycles. The standard InChI is InChI=1S/C14H19N3S/c1-4-7-15-9-13-14(16-17-18-13)12-8-10(2)5-6-11(12)3/h5-6,8,15H,4,7,9H2,1-3H3. The highest BCUT2D eigenvalue weighted by Crippen LogP contribution is 2.27. The first kappa shape index (κ1) is 13.2. The largest absolute Gasteiger partial charge is 0.312 e. The van der Waals surface area contributed by atoms with Crippen LogP contribution < -0.4 is 5.32 Å². The summed E-state index contributed by atoms with van der Waals surface area (Å²) in [5, 5.41) is 7.71. The average Bonchev–Trinajstić information content (AvgIpc) is 2.81. The molecule has 0 aliphatic heterocycles. The van der Waals surface area contributed by atoms with Gasteiger partial charge in [-0.25, -0.2) is 0 Å². The molecule has 1 aromatic heterocycles. The number of hydrogen-bond donors (Lipinski definition) is 1. The van der Waals surface area contributed by atoms with Gasteiger partial charge in [-0.3, -0.25) is 0 Å². The van der Waals surface area contributed by atoms with E-state index in [-0.39, 0.29) is 0 Å². The Morgan fingerprint density at radius 3 is 2.89 bits per heavy atom. The highest BCUT2D eigenvalue weighted by atomic mass is 32.1. The number of nitrogens with one attached hydrogen (secondary N) is 1. The van der Waals surface area contributed by atoms with Gasteiger partial charge in [0.15, 0.2) is 0 Å². The average molecular weight is 261 g/mol. The summed E-state index contributed by atoms with van der Waals surface area (Å²) in [6.45, 7) is 8.29. The molecule has 0 radical (unpaired) electrons. The van der Waals surface area contributed by atoms with E-state index in [1.165, 1.54) is 33.1 Å². The summed E-state index contributed by atoms with van der Waals surface area (Å²) in [6.07, 6.45) is 1.14. The Morgan fingerprint density at radius 2 is 2.11 bits per heavy atom. The molecule has 0 spiro atoms. The molecular weight excluding hydrogens is 242 g/mol. The van der Waals surface area contributed by atoms with Crippen molar-refractivity contribution >= 4 is 11.5 Å². The van der Waals surface area contributed by atoms with E-state index >= 15 is 0 Å². The highest BCUT2D eigenvalue weighted by molar-refractivity contribution is 7.05. The summed E-state index contributed by atoms with van der Waals surface area (Å²) >= 11 is 1.49. The van der Waals surface area contributed by atoms with Crippen LogP contribution in [0.2, 0.25) is 0 Å². The Labute approximate surface area is 112 Å². The summed E-state index contributed by atoms with van der Waals surface area (Å²) in [7, 11) is 0. The first-order chi connectivity index (χ1) is 8.72. The molecule has 4 heteroatoms. The molecule has 96 valence electrons. The van der Waals surface area contributed by atoms with Gasteiger partial charge in [-0.15, -0.1) is 5.10 Å². The number of nitrogens with zero attached hydrogens (tertiary/aromatic N) is 2. The predicted octanol–water partition coefficient (Wildman–Crippen LogP) is 3.32. The fraction of sp³-hybridized carbons (Fsp3) is 0.429. The van der Waals surface area contributed by atoms with Gasteiger partial charge in [-0.1, -0.05) is 29.1 Å². The van der Waals surface area contributed by atoms with Crippen LogP contribution in [-0.4, -0.2) is 16.1 Å². The first-order valence-electron chi connectivity index (χ1n) is 6.32. The maximum absolute atomic E-state index is 4.30. The minimum Gasteiger partial charge on any atom is -0.312 e. The van der Waals surface area contributed by atoms with E-state index in [1.807, 2.05) is 0 Å². The second-order valence-corrected chi connectivity index (χ2v) is 5.38. The Kier molecular flexibility index (Phi) is 4.44. The van der Waals surface area contributed by atoms with Crippen molar-refractivity contribution in [3.63, 3.8) is 0 Å². The van der Waals surface area contributed by atoms with Crippen molar-refractivity contribution in [3.05, 3.63) is 34.2 Å². The van der Waals surface area contributed by atoms with Gasteiger partial charge in [-0.05, 0) is 50.0 Å².